The van der Waals surface area contributed by atoms with Crippen molar-refractivity contribution < 1.29 is 22.4 Å². The van der Waals surface area contributed by atoms with Crippen LogP contribution in [0.2, 0.25) is 0 Å². The predicted molar refractivity (Wildman–Crippen MR) is 69.4 cm³/mol. The van der Waals surface area contributed by atoms with Crippen LogP contribution in [-0.2, 0) is 6.18 Å². The molecular weight excluding hydrogens is 288 g/mol. The van der Waals surface area contributed by atoms with Gasteiger partial charge < -0.3 is 10.2 Å². The van der Waals surface area contributed by atoms with Gasteiger partial charge in [0.25, 0.3) is 5.91 Å². The van der Waals surface area contributed by atoms with Crippen molar-refractivity contribution in [1.29, 1.82) is 0 Å². The van der Waals surface area contributed by atoms with Gasteiger partial charge in [0.2, 0.25) is 0 Å². The first kappa shape index (κ1) is 15.8. The Morgan fingerprint density at radius 3 is 2.52 bits per heavy atom. The van der Waals surface area contributed by atoms with E-state index in [4.69, 9.17) is 0 Å². The van der Waals surface area contributed by atoms with Crippen molar-refractivity contribution in [3.63, 3.8) is 0 Å². The summed E-state index contributed by atoms with van der Waals surface area (Å²) in [6, 6.07) is 1.83. The van der Waals surface area contributed by atoms with Crippen LogP contribution >= 0.6 is 0 Å². The molecule has 0 radical (unpaired) electrons. The average molecular weight is 304 g/mol. The van der Waals surface area contributed by atoms with Crippen LogP contribution in [0.5, 0.6) is 0 Å². The molecule has 1 aromatic rings. The second-order valence-electron chi connectivity index (χ2n) is 5.00. The number of hydrogen-bond acceptors (Lipinski definition) is 2. The Balaban J connectivity index is 2.32. The number of carbonyl (C=O) groups excluding carboxylic acids is 1. The minimum absolute atomic E-state index is 0.0913. The molecule has 0 bridgehead atoms. The maximum absolute atomic E-state index is 13.8. The van der Waals surface area contributed by atoms with Gasteiger partial charge in [-0.2, -0.15) is 13.2 Å². The van der Waals surface area contributed by atoms with Crippen LogP contribution in [0.3, 0.4) is 0 Å². The summed E-state index contributed by atoms with van der Waals surface area (Å²) in [6.45, 7) is 3.40. The van der Waals surface area contributed by atoms with Gasteiger partial charge in [0.05, 0.1) is 17.2 Å². The summed E-state index contributed by atoms with van der Waals surface area (Å²) in [5, 5.41) is 2.99. The fourth-order valence-electron chi connectivity index (χ4n) is 2.20. The lowest BCUT2D eigenvalue weighted by Crippen LogP contribution is -2.59. The zero-order chi connectivity index (χ0) is 15.6. The van der Waals surface area contributed by atoms with Crippen molar-refractivity contribution in [3.05, 3.63) is 35.1 Å². The Morgan fingerprint density at radius 1 is 1.38 bits per heavy atom. The molecule has 1 amide bonds. The van der Waals surface area contributed by atoms with Gasteiger partial charge >= 0.3 is 6.18 Å². The molecule has 2 rings (SSSR count). The molecule has 1 aromatic carbocycles. The van der Waals surface area contributed by atoms with Crippen molar-refractivity contribution in [2.75, 3.05) is 19.6 Å². The van der Waals surface area contributed by atoms with Crippen LogP contribution in [0.25, 0.3) is 0 Å². The minimum atomic E-state index is -4.60. The first-order chi connectivity index (χ1) is 9.84. The zero-order valence-electron chi connectivity index (χ0n) is 11.5. The van der Waals surface area contributed by atoms with Gasteiger partial charge in [-0.1, -0.05) is 6.92 Å². The molecule has 0 aliphatic carbocycles. The molecule has 0 saturated carbocycles. The highest BCUT2D eigenvalue weighted by Crippen LogP contribution is 2.30. The third kappa shape index (κ3) is 3.34. The number of halogens is 4. The van der Waals surface area contributed by atoms with Crippen molar-refractivity contribution in [2.45, 2.75) is 25.6 Å². The smallest absolute Gasteiger partial charge is 0.333 e. The van der Waals surface area contributed by atoms with E-state index in [0.29, 0.717) is 44.3 Å². The van der Waals surface area contributed by atoms with E-state index in [1.54, 1.807) is 0 Å². The molecular formula is C14H16F4N2O. The molecule has 0 unspecified atom stereocenters. The highest BCUT2D eigenvalue weighted by atomic mass is 19.4. The number of benzene rings is 1. The number of alkyl halides is 3. The van der Waals surface area contributed by atoms with Gasteiger partial charge in [-0.05, 0) is 24.6 Å². The SMILES string of the molecule is CCCN(C(=O)c1cc(C(F)(F)F)ccc1F)C1CNC1. The van der Waals surface area contributed by atoms with Crippen molar-refractivity contribution in [3.8, 4) is 0 Å². The van der Waals surface area contributed by atoms with Gasteiger partial charge in [0.1, 0.15) is 5.82 Å². The summed E-state index contributed by atoms with van der Waals surface area (Å²) in [4.78, 5) is 13.8. The largest absolute Gasteiger partial charge is 0.416 e. The molecule has 3 nitrogen and oxygen atoms in total. The number of rotatable bonds is 4. The lowest BCUT2D eigenvalue weighted by Gasteiger charge is -2.38. The van der Waals surface area contributed by atoms with Crippen LogP contribution in [0.4, 0.5) is 17.6 Å². The second kappa shape index (κ2) is 6.01. The summed E-state index contributed by atoms with van der Waals surface area (Å²) in [5.74, 6) is -1.62. The van der Waals surface area contributed by atoms with Gasteiger partial charge in [0.15, 0.2) is 0 Å². The highest BCUT2D eigenvalue weighted by Gasteiger charge is 2.34. The summed E-state index contributed by atoms with van der Waals surface area (Å²) >= 11 is 0. The van der Waals surface area contributed by atoms with E-state index in [-0.39, 0.29) is 6.04 Å². The van der Waals surface area contributed by atoms with E-state index in [0.717, 1.165) is 0 Å². The van der Waals surface area contributed by atoms with Crippen LogP contribution in [0.1, 0.15) is 29.3 Å². The van der Waals surface area contributed by atoms with Crippen molar-refractivity contribution in [1.82, 2.24) is 10.2 Å². The second-order valence-corrected chi connectivity index (χ2v) is 5.00. The number of nitrogens with zero attached hydrogens (tertiary/aromatic N) is 1. The maximum atomic E-state index is 13.8. The Kier molecular flexibility index (Phi) is 4.51. The molecule has 7 heteroatoms. The maximum Gasteiger partial charge on any atom is 0.416 e. The third-order valence-electron chi connectivity index (χ3n) is 3.45. The van der Waals surface area contributed by atoms with E-state index in [1.165, 1.54) is 4.90 Å². The van der Waals surface area contributed by atoms with Crippen LogP contribution in [0.15, 0.2) is 18.2 Å². The van der Waals surface area contributed by atoms with E-state index in [2.05, 4.69) is 5.32 Å². The molecule has 1 aliphatic rings. The van der Waals surface area contributed by atoms with E-state index in [1.807, 2.05) is 6.92 Å². The molecule has 0 aromatic heterocycles. The van der Waals surface area contributed by atoms with Gasteiger partial charge in [-0.3, -0.25) is 4.79 Å². The molecule has 1 N–H and O–H groups in total. The average Bonchev–Trinajstić information content (AvgIpc) is 2.34. The number of amides is 1. The van der Waals surface area contributed by atoms with Crippen molar-refractivity contribution >= 4 is 5.91 Å². The standard InChI is InChI=1S/C14H16F4N2O/c1-2-5-20(10-7-19-8-10)13(21)11-6-9(14(16,17)18)3-4-12(11)15/h3-4,6,10,19H,2,5,7-8H2,1H3. The van der Waals surface area contributed by atoms with Gasteiger partial charge in [0, 0.05) is 19.6 Å². The summed E-state index contributed by atoms with van der Waals surface area (Å²) in [7, 11) is 0. The Bertz CT molecular complexity index is 526. The monoisotopic (exact) mass is 304 g/mol. The normalized spacial score (nSPS) is 15.7. The predicted octanol–water partition coefficient (Wildman–Crippen LogP) is 2.67. The van der Waals surface area contributed by atoms with Crippen LogP contribution < -0.4 is 5.32 Å². The van der Waals surface area contributed by atoms with E-state index < -0.39 is 29.0 Å². The summed E-state index contributed by atoms with van der Waals surface area (Å²) in [5.41, 5.74) is -1.54. The van der Waals surface area contributed by atoms with E-state index in [9.17, 15) is 22.4 Å². The molecule has 116 valence electrons. The highest BCUT2D eigenvalue weighted by molar-refractivity contribution is 5.95. The fraction of sp³-hybridized carbons (Fsp3) is 0.500. The van der Waals surface area contributed by atoms with Crippen molar-refractivity contribution in [2.24, 2.45) is 0 Å². The Morgan fingerprint density at radius 2 is 2.05 bits per heavy atom. The number of hydrogen-bond donors (Lipinski definition) is 1. The first-order valence-electron chi connectivity index (χ1n) is 6.73. The quantitative estimate of drug-likeness (QED) is 0.867. The molecule has 0 spiro atoms. The number of nitrogens with one attached hydrogen (secondary N) is 1. The number of carbonyl (C=O) groups is 1. The van der Waals surface area contributed by atoms with E-state index >= 15 is 0 Å². The Hall–Kier alpha value is -1.63. The fourth-order valence-corrected chi connectivity index (χ4v) is 2.20. The first-order valence-corrected chi connectivity index (χ1v) is 6.73. The van der Waals surface area contributed by atoms with Crippen LogP contribution in [-0.4, -0.2) is 36.5 Å². The molecule has 21 heavy (non-hydrogen) atoms. The molecule has 0 atom stereocenters. The lowest BCUT2D eigenvalue weighted by atomic mass is 10.0. The summed E-state index contributed by atoms with van der Waals surface area (Å²) in [6.07, 6.45) is -3.95. The molecule has 1 fully saturated rings. The molecule has 1 saturated heterocycles. The molecule has 1 aliphatic heterocycles. The van der Waals surface area contributed by atoms with Gasteiger partial charge in [-0.25, -0.2) is 4.39 Å². The minimum Gasteiger partial charge on any atom is -0.333 e. The lowest BCUT2D eigenvalue weighted by molar-refractivity contribution is -0.137. The van der Waals surface area contributed by atoms with Crippen LogP contribution in [0, 0.1) is 5.82 Å². The Labute approximate surface area is 119 Å². The third-order valence-corrected chi connectivity index (χ3v) is 3.45. The summed E-state index contributed by atoms with van der Waals surface area (Å²) < 4.78 is 51.8. The zero-order valence-corrected chi connectivity index (χ0v) is 11.5. The topological polar surface area (TPSA) is 32.3 Å². The van der Waals surface area contributed by atoms with Gasteiger partial charge in [-0.15, -0.1) is 0 Å². The molecule has 1 heterocycles.